The van der Waals surface area contributed by atoms with Crippen LogP contribution in [0.3, 0.4) is 0 Å². The van der Waals surface area contributed by atoms with Gasteiger partial charge < -0.3 is 15.5 Å². The van der Waals surface area contributed by atoms with E-state index in [1.807, 2.05) is 30.3 Å². The molecule has 0 saturated carbocycles. The van der Waals surface area contributed by atoms with Crippen molar-refractivity contribution in [2.75, 3.05) is 18.4 Å². The van der Waals surface area contributed by atoms with Crippen LogP contribution < -0.4 is 10.6 Å². The summed E-state index contributed by atoms with van der Waals surface area (Å²) in [5.41, 5.74) is 2.03. The maximum Gasteiger partial charge on any atom is 0.262 e. The molecule has 2 aromatic rings. The molecule has 35 heavy (non-hydrogen) atoms. The minimum atomic E-state index is -0.504. The van der Waals surface area contributed by atoms with Gasteiger partial charge in [0.05, 0.1) is 6.04 Å². The van der Waals surface area contributed by atoms with Crippen molar-refractivity contribution >= 4 is 40.3 Å². The number of carbonyl (C=O) groups is 3. The lowest BCUT2D eigenvalue weighted by molar-refractivity contribution is -0.121. The molecule has 1 fully saturated rings. The third kappa shape index (κ3) is 6.51. The Bertz CT molecular complexity index is 1100. The fourth-order valence-electron chi connectivity index (χ4n) is 4.37. The number of hydrogen-bond donors (Lipinski definition) is 2. The molecular formula is C27H32N4O3S. The van der Waals surface area contributed by atoms with E-state index in [1.165, 1.54) is 18.2 Å². The van der Waals surface area contributed by atoms with Crippen molar-refractivity contribution in [1.82, 2.24) is 10.2 Å². The Morgan fingerprint density at radius 1 is 1.06 bits per heavy atom. The Kier molecular flexibility index (Phi) is 8.23. The summed E-state index contributed by atoms with van der Waals surface area (Å²) >= 11 is 1.38. The normalized spacial score (nSPS) is 18.8. The highest BCUT2D eigenvalue weighted by molar-refractivity contribution is 8.15. The minimum Gasteiger partial charge on any atom is -0.351 e. The predicted octanol–water partition coefficient (Wildman–Crippen LogP) is 4.63. The first-order valence-corrected chi connectivity index (χ1v) is 13.1. The summed E-state index contributed by atoms with van der Waals surface area (Å²) in [4.78, 5) is 44.4. The van der Waals surface area contributed by atoms with E-state index in [-0.39, 0.29) is 36.1 Å². The number of likely N-dealkylation sites (tertiary alicyclic amines) is 1. The molecule has 0 bridgehead atoms. The van der Waals surface area contributed by atoms with E-state index in [9.17, 15) is 14.4 Å². The lowest BCUT2D eigenvalue weighted by Crippen LogP contribution is -2.33. The lowest BCUT2D eigenvalue weighted by atomic mass is 9.95. The first-order valence-electron chi connectivity index (χ1n) is 12.2. The molecule has 3 amide bonds. The molecule has 0 aliphatic carbocycles. The van der Waals surface area contributed by atoms with Gasteiger partial charge in [0.25, 0.3) is 11.8 Å². The number of amides is 3. The Labute approximate surface area is 210 Å². The molecule has 2 N–H and O–H groups in total. The molecular weight excluding hydrogens is 460 g/mol. The van der Waals surface area contributed by atoms with Gasteiger partial charge in [-0.1, -0.05) is 62.0 Å². The second-order valence-electron chi connectivity index (χ2n) is 9.33. The first kappa shape index (κ1) is 25.0. The Morgan fingerprint density at radius 3 is 2.51 bits per heavy atom. The molecule has 2 aliphatic heterocycles. The van der Waals surface area contributed by atoms with Gasteiger partial charge in [-0.05, 0) is 48.9 Å². The summed E-state index contributed by atoms with van der Waals surface area (Å²) in [5.74, 6) is -0.514. The number of hydrogen-bond acceptors (Lipinski definition) is 5. The molecule has 2 aromatic carbocycles. The van der Waals surface area contributed by atoms with Crippen LogP contribution >= 0.6 is 11.8 Å². The first-order chi connectivity index (χ1) is 16.9. The van der Waals surface area contributed by atoms with Crippen LogP contribution in [-0.2, 0) is 9.59 Å². The summed E-state index contributed by atoms with van der Waals surface area (Å²) in [6.45, 7) is 5.96. The van der Waals surface area contributed by atoms with E-state index < -0.39 is 5.25 Å². The summed E-state index contributed by atoms with van der Waals surface area (Å²) in [6.07, 6.45) is 3.46. The molecule has 4 rings (SSSR count). The Balaban J connectivity index is 1.34. The molecule has 0 aromatic heterocycles. The molecule has 0 spiro atoms. The van der Waals surface area contributed by atoms with E-state index in [0.717, 1.165) is 36.7 Å². The molecule has 1 saturated heterocycles. The van der Waals surface area contributed by atoms with Crippen molar-refractivity contribution in [3.63, 3.8) is 0 Å². The standard InChI is InChI=1S/C27H32N4O3S/c1-18(2)24(19-10-5-3-6-11-19)29-25(33)20-12-9-13-21(16-20)28-23(32)17-22-26(34)30-27(35-22)31-14-7-4-8-15-31/h3,5-6,9-13,16,18,22,24H,4,7-8,14-15,17H2,1-2H3,(H,28,32)(H,29,33)/t22-,24+/m1/s1. The number of piperidine rings is 1. The summed E-state index contributed by atoms with van der Waals surface area (Å²) < 4.78 is 0. The third-order valence-corrected chi connectivity index (χ3v) is 7.46. The van der Waals surface area contributed by atoms with Gasteiger partial charge in [-0.25, -0.2) is 0 Å². The van der Waals surface area contributed by atoms with Gasteiger partial charge >= 0.3 is 0 Å². The molecule has 0 unspecified atom stereocenters. The van der Waals surface area contributed by atoms with Gasteiger partial charge in [-0.3, -0.25) is 14.4 Å². The molecule has 184 valence electrons. The molecule has 7 nitrogen and oxygen atoms in total. The fourth-order valence-corrected chi connectivity index (χ4v) is 5.49. The van der Waals surface area contributed by atoms with Gasteiger partial charge in [0.1, 0.15) is 5.25 Å². The zero-order chi connectivity index (χ0) is 24.8. The smallest absolute Gasteiger partial charge is 0.262 e. The number of nitrogens with zero attached hydrogens (tertiary/aromatic N) is 2. The number of anilines is 1. The van der Waals surface area contributed by atoms with E-state index in [4.69, 9.17) is 0 Å². The quantitative estimate of drug-likeness (QED) is 0.588. The molecule has 2 aliphatic rings. The van der Waals surface area contributed by atoms with E-state index in [0.29, 0.717) is 11.3 Å². The van der Waals surface area contributed by atoms with Gasteiger partial charge in [0, 0.05) is 30.8 Å². The summed E-state index contributed by atoms with van der Waals surface area (Å²) in [7, 11) is 0. The highest BCUT2D eigenvalue weighted by Crippen LogP contribution is 2.29. The monoisotopic (exact) mass is 492 g/mol. The highest BCUT2D eigenvalue weighted by atomic mass is 32.2. The van der Waals surface area contributed by atoms with E-state index in [1.54, 1.807) is 24.3 Å². The average Bonchev–Trinajstić information content (AvgIpc) is 3.23. The van der Waals surface area contributed by atoms with Crippen LogP contribution in [0.4, 0.5) is 5.69 Å². The van der Waals surface area contributed by atoms with Crippen molar-refractivity contribution in [2.24, 2.45) is 10.9 Å². The number of nitrogens with one attached hydrogen (secondary N) is 2. The number of benzene rings is 2. The van der Waals surface area contributed by atoms with Gasteiger partial charge in [-0.15, -0.1) is 0 Å². The molecule has 2 atom stereocenters. The minimum absolute atomic E-state index is 0.0458. The van der Waals surface area contributed by atoms with Crippen molar-refractivity contribution in [1.29, 1.82) is 0 Å². The van der Waals surface area contributed by atoms with Crippen LogP contribution in [0.25, 0.3) is 0 Å². The lowest BCUT2D eigenvalue weighted by Gasteiger charge is -2.27. The van der Waals surface area contributed by atoms with Crippen molar-refractivity contribution in [3.05, 3.63) is 65.7 Å². The van der Waals surface area contributed by atoms with Gasteiger partial charge in [0.15, 0.2) is 5.17 Å². The summed E-state index contributed by atoms with van der Waals surface area (Å²) in [6, 6.07) is 16.6. The van der Waals surface area contributed by atoms with Crippen LogP contribution in [0, 0.1) is 5.92 Å². The third-order valence-electron chi connectivity index (χ3n) is 6.25. The highest BCUT2D eigenvalue weighted by Gasteiger charge is 2.33. The SMILES string of the molecule is CC(C)[C@H](NC(=O)c1cccc(NC(=O)C[C@H]2SC(N3CCCCC3)=NC2=O)c1)c1ccccc1. The fraction of sp³-hybridized carbons (Fsp3) is 0.407. The van der Waals surface area contributed by atoms with Crippen LogP contribution in [0.15, 0.2) is 59.6 Å². The zero-order valence-corrected chi connectivity index (χ0v) is 21.0. The van der Waals surface area contributed by atoms with Gasteiger partial charge in [-0.2, -0.15) is 4.99 Å². The number of thioether (sulfide) groups is 1. The van der Waals surface area contributed by atoms with Crippen molar-refractivity contribution < 1.29 is 14.4 Å². The zero-order valence-electron chi connectivity index (χ0n) is 20.2. The largest absolute Gasteiger partial charge is 0.351 e. The van der Waals surface area contributed by atoms with Crippen LogP contribution in [0.1, 0.15) is 61.5 Å². The van der Waals surface area contributed by atoms with Crippen molar-refractivity contribution in [2.45, 2.75) is 50.8 Å². The molecule has 2 heterocycles. The maximum atomic E-state index is 13.0. The summed E-state index contributed by atoms with van der Waals surface area (Å²) in [5, 5.41) is 6.18. The van der Waals surface area contributed by atoms with Crippen molar-refractivity contribution in [3.8, 4) is 0 Å². The Morgan fingerprint density at radius 2 is 1.80 bits per heavy atom. The Hall–Kier alpha value is -3.13. The van der Waals surface area contributed by atoms with E-state index >= 15 is 0 Å². The number of amidine groups is 1. The average molecular weight is 493 g/mol. The van der Waals surface area contributed by atoms with E-state index in [2.05, 4.69) is 34.4 Å². The topological polar surface area (TPSA) is 90.9 Å². The second-order valence-corrected chi connectivity index (χ2v) is 10.5. The van der Waals surface area contributed by atoms with Crippen LogP contribution in [0.2, 0.25) is 0 Å². The van der Waals surface area contributed by atoms with Gasteiger partial charge in [0.2, 0.25) is 5.91 Å². The second kappa shape index (κ2) is 11.5. The maximum absolute atomic E-state index is 13.0. The number of rotatable bonds is 7. The molecule has 8 heteroatoms. The predicted molar refractivity (Wildman–Crippen MR) is 140 cm³/mol. The molecule has 0 radical (unpaired) electrons. The number of carbonyl (C=O) groups excluding carboxylic acids is 3. The van der Waals surface area contributed by atoms with Crippen LogP contribution in [-0.4, -0.2) is 46.1 Å². The van der Waals surface area contributed by atoms with Crippen LogP contribution in [0.5, 0.6) is 0 Å². The number of aliphatic imine (C=N–C) groups is 1.